The number of aromatic nitrogens is 1. The molecule has 7 nitrogen and oxygen atoms in total. The van der Waals surface area contributed by atoms with E-state index < -0.39 is 20.9 Å². The quantitative estimate of drug-likeness (QED) is 0.818. The highest BCUT2D eigenvalue weighted by Gasteiger charge is 2.40. The van der Waals surface area contributed by atoms with Gasteiger partial charge < -0.3 is 10.3 Å². The Balaban J connectivity index is 2.36. The van der Waals surface area contributed by atoms with Crippen LogP contribution in [0.3, 0.4) is 0 Å². The molecule has 1 fully saturated rings. The van der Waals surface area contributed by atoms with Crippen LogP contribution in [-0.4, -0.2) is 42.7 Å². The molecule has 1 saturated heterocycles. The molecule has 2 rings (SSSR count). The number of thiazole rings is 1. The molecule has 1 aliphatic heterocycles. The molecule has 1 aromatic rings. The molecule has 0 aromatic carbocycles. The first kappa shape index (κ1) is 15.2. The first-order valence-electron chi connectivity index (χ1n) is 6.37. The number of carbonyl (C=O) groups is 1. The number of aryl methyl sites for hydroxylation is 1. The minimum Gasteiger partial charge on any atom is -0.355 e. The normalized spacial score (nSPS) is 20.2. The first-order chi connectivity index (χ1) is 9.37. The van der Waals surface area contributed by atoms with Crippen molar-refractivity contribution in [3.05, 3.63) is 15.4 Å². The van der Waals surface area contributed by atoms with Gasteiger partial charge in [-0.25, -0.2) is 8.42 Å². The van der Waals surface area contributed by atoms with Gasteiger partial charge in [0.25, 0.3) is 10.0 Å². The Morgan fingerprint density at radius 2 is 2.25 bits per heavy atom. The van der Waals surface area contributed by atoms with Crippen LogP contribution in [0.15, 0.2) is 9.00 Å². The number of amides is 1. The number of nitrogens with one attached hydrogen (secondary N) is 2. The monoisotopic (exact) mass is 319 g/mol. The summed E-state index contributed by atoms with van der Waals surface area (Å²) in [5.41, 5.74) is 0.321. The number of rotatable bonds is 4. The van der Waals surface area contributed by atoms with Crippen molar-refractivity contribution in [2.45, 2.75) is 36.9 Å². The molecule has 0 saturated carbocycles. The molecule has 112 valence electrons. The summed E-state index contributed by atoms with van der Waals surface area (Å²) in [5.74, 6) is -0.283. The summed E-state index contributed by atoms with van der Waals surface area (Å²) < 4.78 is 26.4. The van der Waals surface area contributed by atoms with E-state index in [0.29, 0.717) is 43.0 Å². The fourth-order valence-corrected chi connectivity index (χ4v) is 5.39. The second-order valence-electron chi connectivity index (χ2n) is 4.60. The Hall–Kier alpha value is -1.19. The molecular formula is C11H17N3O4S2. The predicted octanol–water partition coefficient (Wildman–Crippen LogP) is 0.0340. The summed E-state index contributed by atoms with van der Waals surface area (Å²) in [5, 5.41) is 2.65. The van der Waals surface area contributed by atoms with Gasteiger partial charge in [0.2, 0.25) is 5.91 Å². The molecule has 1 amide bonds. The SMILES string of the molecule is CCNC(=O)[C@H]1CCCN1S(=O)(=O)c1sc(=O)[nH]c1C. The van der Waals surface area contributed by atoms with Crippen LogP contribution in [-0.2, 0) is 14.8 Å². The topological polar surface area (TPSA) is 99.3 Å². The van der Waals surface area contributed by atoms with Crippen molar-refractivity contribution in [1.29, 1.82) is 0 Å². The second kappa shape index (κ2) is 5.66. The molecule has 0 unspecified atom stereocenters. The third-order valence-corrected chi connectivity index (χ3v) is 6.67. The Labute approximate surface area is 121 Å². The van der Waals surface area contributed by atoms with Crippen LogP contribution < -0.4 is 10.2 Å². The van der Waals surface area contributed by atoms with Crippen LogP contribution in [0.4, 0.5) is 0 Å². The molecular weight excluding hydrogens is 302 g/mol. The predicted molar refractivity (Wildman–Crippen MR) is 75.3 cm³/mol. The smallest absolute Gasteiger partial charge is 0.305 e. The molecule has 0 bridgehead atoms. The Morgan fingerprint density at radius 3 is 2.80 bits per heavy atom. The van der Waals surface area contributed by atoms with Crippen molar-refractivity contribution < 1.29 is 13.2 Å². The van der Waals surface area contributed by atoms with E-state index in [2.05, 4.69) is 10.3 Å². The van der Waals surface area contributed by atoms with E-state index in [-0.39, 0.29) is 10.1 Å². The van der Waals surface area contributed by atoms with Crippen LogP contribution in [0.5, 0.6) is 0 Å². The molecule has 9 heteroatoms. The van der Waals surface area contributed by atoms with Gasteiger partial charge in [0.05, 0.1) is 0 Å². The number of H-pyrrole nitrogens is 1. The van der Waals surface area contributed by atoms with Crippen molar-refractivity contribution in [3.63, 3.8) is 0 Å². The lowest BCUT2D eigenvalue weighted by Crippen LogP contribution is -2.45. The molecule has 0 radical (unpaired) electrons. The third-order valence-electron chi connectivity index (χ3n) is 3.18. The van der Waals surface area contributed by atoms with E-state index in [0.717, 1.165) is 0 Å². The van der Waals surface area contributed by atoms with Gasteiger partial charge in [-0.2, -0.15) is 4.31 Å². The van der Waals surface area contributed by atoms with E-state index in [1.807, 2.05) is 0 Å². The summed E-state index contributed by atoms with van der Waals surface area (Å²) in [7, 11) is -3.80. The Kier molecular flexibility index (Phi) is 4.31. The lowest BCUT2D eigenvalue weighted by molar-refractivity contribution is -0.124. The molecule has 2 N–H and O–H groups in total. The van der Waals surface area contributed by atoms with E-state index in [9.17, 15) is 18.0 Å². The van der Waals surface area contributed by atoms with Crippen molar-refractivity contribution in [1.82, 2.24) is 14.6 Å². The van der Waals surface area contributed by atoms with Crippen LogP contribution in [0.2, 0.25) is 0 Å². The fraction of sp³-hybridized carbons (Fsp3) is 0.636. The van der Waals surface area contributed by atoms with Crippen molar-refractivity contribution >= 4 is 27.3 Å². The number of likely N-dealkylation sites (N-methyl/N-ethyl adjacent to an activating group) is 1. The van der Waals surface area contributed by atoms with Gasteiger partial charge in [-0.3, -0.25) is 9.59 Å². The minimum absolute atomic E-state index is 0.00121. The molecule has 2 heterocycles. The van der Waals surface area contributed by atoms with Gasteiger partial charge in [0.1, 0.15) is 6.04 Å². The number of hydrogen-bond donors (Lipinski definition) is 2. The average molecular weight is 319 g/mol. The zero-order chi connectivity index (χ0) is 14.9. The molecule has 1 aromatic heterocycles. The lowest BCUT2D eigenvalue weighted by atomic mass is 10.2. The van der Waals surface area contributed by atoms with Crippen LogP contribution in [0.25, 0.3) is 0 Å². The van der Waals surface area contributed by atoms with Gasteiger partial charge >= 0.3 is 4.87 Å². The van der Waals surface area contributed by atoms with E-state index in [1.165, 1.54) is 4.31 Å². The standard InChI is InChI=1S/C11H17N3O4S2/c1-3-12-9(15)8-5-4-6-14(8)20(17,18)10-7(2)13-11(16)19-10/h8H,3-6H2,1-2H3,(H,12,15)(H,13,16)/t8-/m1/s1. The lowest BCUT2D eigenvalue weighted by Gasteiger charge is -2.22. The second-order valence-corrected chi connectivity index (χ2v) is 7.66. The van der Waals surface area contributed by atoms with Crippen molar-refractivity contribution in [2.75, 3.05) is 13.1 Å². The maximum atomic E-state index is 12.6. The number of sulfonamides is 1. The zero-order valence-corrected chi connectivity index (χ0v) is 12.9. The first-order valence-corrected chi connectivity index (χ1v) is 8.63. The highest BCUT2D eigenvalue weighted by molar-refractivity contribution is 7.91. The van der Waals surface area contributed by atoms with Crippen LogP contribution >= 0.6 is 11.3 Å². The average Bonchev–Trinajstić information content (AvgIpc) is 2.96. The number of carbonyl (C=O) groups excluding carboxylic acids is 1. The third kappa shape index (κ3) is 2.65. The largest absolute Gasteiger partial charge is 0.355 e. The van der Waals surface area contributed by atoms with Gasteiger partial charge in [-0.05, 0) is 26.7 Å². The van der Waals surface area contributed by atoms with Crippen LogP contribution in [0, 0.1) is 6.92 Å². The zero-order valence-electron chi connectivity index (χ0n) is 11.3. The van der Waals surface area contributed by atoms with E-state index >= 15 is 0 Å². The summed E-state index contributed by atoms with van der Waals surface area (Å²) in [6.45, 7) is 4.09. The number of hydrogen-bond acceptors (Lipinski definition) is 5. The number of aromatic amines is 1. The van der Waals surface area contributed by atoms with Crippen molar-refractivity contribution in [3.8, 4) is 0 Å². The van der Waals surface area contributed by atoms with E-state index in [4.69, 9.17) is 0 Å². The summed E-state index contributed by atoms with van der Waals surface area (Å²) >= 11 is 0.663. The molecule has 0 aliphatic carbocycles. The fourth-order valence-electron chi connectivity index (χ4n) is 2.32. The van der Waals surface area contributed by atoms with Gasteiger partial charge in [0.15, 0.2) is 4.21 Å². The highest BCUT2D eigenvalue weighted by atomic mass is 32.2. The number of nitrogens with zero attached hydrogens (tertiary/aromatic N) is 1. The van der Waals surface area contributed by atoms with Crippen molar-refractivity contribution in [2.24, 2.45) is 0 Å². The van der Waals surface area contributed by atoms with E-state index in [1.54, 1.807) is 13.8 Å². The minimum atomic E-state index is -3.80. The van der Waals surface area contributed by atoms with Gasteiger partial charge in [-0.15, -0.1) is 0 Å². The molecule has 1 aliphatic rings. The maximum Gasteiger partial charge on any atom is 0.305 e. The summed E-state index contributed by atoms with van der Waals surface area (Å²) in [6.07, 6.45) is 1.14. The van der Waals surface area contributed by atoms with Crippen LogP contribution in [0.1, 0.15) is 25.5 Å². The molecule has 0 spiro atoms. The van der Waals surface area contributed by atoms with Gasteiger partial charge in [-0.1, -0.05) is 11.3 Å². The molecule has 1 atom stereocenters. The highest BCUT2D eigenvalue weighted by Crippen LogP contribution is 2.28. The maximum absolute atomic E-state index is 12.6. The Bertz CT molecular complexity index is 661. The Morgan fingerprint density at radius 1 is 1.55 bits per heavy atom. The van der Waals surface area contributed by atoms with Gasteiger partial charge in [0, 0.05) is 18.8 Å². The summed E-state index contributed by atoms with van der Waals surface area (Å²) in [4.78, 5) is 25.3. The summed E-state index contributed by atoms with van der Waals surface area (Å²) in [6, 6.07) is -0.684. The molecule has 20 heavy (non-hydrogen) atoms.